The van der Waals surface area contributed by atoms with Crippen molar-refractivity contribution in [1.82, 2.24) is 15.0 Å². The lowest BCUT2D eigenvalue weighted by Gasteiger charge is -2.25. The molecule has 0 aliphatic heterocycles. The number of benzene rings is 2. The zero-order valence-electron chi connectivity index (χ0n) is 13.9. The molecule has 0 radical (unpaired) electrons. The summed E-state index contributed by atoms with van der Waals surface area (Å²) in [4.78, 5) is 18.6. The van der Waals surface area contributed by atoms with Crippen LogP contribution in [0.3, 0.4) is 0 Å². The summed E-state index contributed by atoms with van der Waals surface area (Å²) in [6.07, 6.45) is 0. The van der Waals surface area contributed by atoms with Crippen LogP contribution < -0.4 is 0 Å². The van der Waals surface area contributed by atoms with Gasteiger partial charge in [0.15, 0.2) is 5.82 Å². The maximum Gasteiger partial charge on any atom is 0.257 e. The lowest BCUT2D eigenvalue weighted by atomic mass is 10.1. The fourth-order valence-corrected chi connectivity index (χ4v) is 2.50. The highest BCUT2D eigenvalue weighted by atomic mass is 16.5. The van der Waals surface area contributed by atoms with Gasteiger partial charge in [-0.05, 0) is 43.7 Å². The third kappa shape index (κ3) is 3.20. The Morgan fingerprint density at radius 3 is 2.33 bits per heavy atom. The van der Waals surface area contributed by atoms with Gasteiger partial charge in [-0.2, -0.15) is 4.98 Å². The van der Waals surface area contributed by atoms with Gasteiger partial charge in [0.1, 0.15) is 0 Å². The van der Waals surface area contributed by atoms with Crippen LogP contribution in [-0.4, -0.2) is 28.0 Å². The van der Waals surface area contributed by atoms with Gasteiger partial charge in [0.2, 0.25) is 0 Å². The van der Waals surface area contributed by atoms with Crippen LogP contribution in [0.5, 0.6) is 0 Å². The van der Waals surface area contributed by atoms with Crippen molar-refractivity contribution < 1.29 is 9.32 Å². The molecule has 2 aromatic carbocycles. The summed E-state index contributed by atoms with van der Waals surface area (Å²) in [7, 11) is 1.81. The van der Waals surface area contributed by atoms with E-state index in [-0.39, 0.29) is 11.9 Å². The molecule has 0 saturated heterocycles. The lowest BCUT2D eigenvalue weighted by molar-refractivity contribution is 0.0742. The van der Waals surface area contributed by atoms with Crippen molar-refractivity contribution in [3.8, 4) is 11.5 Å². The molecule has 3 rings (SSSR count). The molecule has 5 heteroatoms. The summed E-state index contributed by atoms with van der Waals surface area (Å²) in [6.45, 7) is 3.79. The summed E-state index contributed by atoms with van der Waals surface area (Å²) in [5.41, 5.74) is 2.53. The van der Waals surface area contributed by atoms with Crippen LogP contribution >= 0.6 is 0 Å². The van der Waals surface area contributed by atoms with Crippen molar-refractivity contribution in [2.24, 2.45) is 0 Å². The summed E-state index contributed by atoms with van der Waals surface area (Å²) in [5, 5.41) is 3.77. The molecule has 1 unspecified atom stereocenters. The van der Waals surface area contributed by atoms with E-state index in [1.54, 1.807) is 24.0 Å². The van der Waals surface area contributed by atoms with Gasteiger partial charge < -0.3 is 9.42 Å². The highest BCUT2D eigenvalue weighted by Crippen LogP contribution is 2.22. The third-order valence-electron chi connectivity index (χ3n) is 4.09. The molecule has 1 amide bonds. The Bertz CT molecular complexity index is 825. The van der Waals surface area contributed by atoms with Gasteiger partial charge in [-0.25, -0.2) is 0 Å². The Morgan fingerprint density at radius 2 is 1.75 bits per heavy atom. The fraction of sp³-hybridized carbons (Fsp3) is 0.211. The first-order chi connectivity index (χ1) is 11.6. The number of aromatic nitrogens is 2. The van der Waals surface area contributed by atoms with Crippen molar-refractivity contribution >= 4 is 5.91 Å². The standard InChI is InChI=1S/C19H19N3O2/c1-13(15-7-5-4-6-8-15)22(3)19(23)17-11-9-16(10-12-17)18-20-14(2)21-24-18/h4-13H,1-3H3. The maximum absolute atomic E-state index is 12.7. The van der Waals surface area contributed by atoms with Crippen LogP contribution in [0.15, 0.2) is 59.1 Å². The summed E-state index contributed by atoms with van der Waals surface area (Å²) in [6, 6.07) is 17.2. The second-order valence-corrected chi connectivity index (χ2v) is 5.73. The van der Waals surface area contributed by atoms with Crippen LogP contribution in [0.1, 0.15) is 34.7 Å². The van der Waals surface area contributed by atoms with Crippen molar-refractivity contribution in [2.45, 2.75) is 19.9 Å². The van der Waals surface area contributed by atoms with E-state index in [9.17, 15) is 4.79 Å². The average Bonchev–Trinajstić information content (AvgIpc) is 3.07. The van der Waals surface area contributed by atoms with E-state index in [1.165, 1.54) is 0 Å². The van der Waals surface area contributed by atoms with Crippen molar-refractivity contribution in [3.05, 3.63) is 71.5 Å². The number of rotatable bonds is 4. The summed E-state index contributed by atoms with van der Waals surface area (Å²) >= 11 is 0. The minimum Gasteiger partial charge on any atom is -0.335 e. The quantitative estimate of drug-likeness (QED) is 0.732. The molecule has 0 N–H and O–H groups in total. The minimum atomic E-state index is -0.0281. The SMILES string of the molecule is Cc1noc(-c2ccc(C(=O)N(C)C(C)c3ccccc3)cc2)n1. The van der Waals surface area contributed by atoms with Gasteiger partial charge in [0.05, 0.1) is 6.04 Å². The second-order valence-electron chi connectivity index (χ2n) is 5.73. The molecule has 3 aromatic rings. The molecule has 0 aliphatic carbocycles. The number of aryl methyl sites for hydroxylation is 1. The Labute approximate surface area is 140 Å². The third-order valence-corrected chi connectivity index (χ3v) is 4.09. The topological polar surface area (TPSA) is 59.2 Å². The van der Waals surface area contributed by atoms with Gasteiger partial charge in [-0.3, -0.25) is 4.79 Å². The number of carbonyl (C=O) groups is 1. The molecule has 0 aliphatic rings. The highest BCUT2D eigenvalue weighted by Gasteiger charge is 2.19. The van der Waals surface area contributed by atoms with Crippen molar-refractivity contribution in [3.63, 3.8) is 0 Å². The largest absolute Gasteiger partial charge is 0.335 e. The fourth-order valence-electron chi connectivity index (χ4n) is 2.50. The Balaban J connectivity index is 1.77. The first-order valence-corrected chi connectivity index (χ1v) is 7.79. The van der Waals surface area contributed by atoms with E-state index in [2.05, 4.69) is 10.1 Å². The van der Waals surface area contributed by atoms with Crippen LogP contribution in [-0.2, 0) is 0 Å². The minimum absolute atomic E-state index is 0.00281. The van der Waals surface area contributed by atoms with Gasteiger partial charge in [0.25, 0.3) is 11.8 Å². The maximum atomic E-state index is 12.7. The molecule has 122 valence electrons. The predicted molar refractivity (Wildman–Crippen MR) is 91.4 cm³/mol. The van der Waals surface area contributed by atoms with E-state index in [1.807, 2.05) is 56.4 Å². The molecule has 0 bridgehead atoms. The summed E-state index contributed by atoms with van der Waals surface area (Å²) < 4.78 is 5.14. The van der Waals surface area contributed by atoms with E-state index >= 15 is 0 Å². The number of amides is 1. The van der Waals surface area contributed by atoms with Crippen molar-refractivity contribution in [1.29, 1.82) is 0 Å². The van der Waals surface area contributed by atoms with Crippen LogP contribution in [0.4, 0.5) is 0 Å². The van der Waals surface area contributed by atoms with Gasteiger partial charge in [-0.15, -0.1) is 0 Å². The number of nitrogens with zero attached hydrogens (tertiary/aromatic N) is 3. The average molecular weight is 321 g/mol. The molecular formula is C19H19N3O2. The first kappa shape index (κ1) is 15.9. The van der Waals surface area contributed by atoms with Crippen molar-refractivity contribution in [2.75, 3.05) is 7.05 Å². The lowest BCUT2D eigenvalue weighted by Crippen LogP contribution is -2.29. The van der Waals surface area contributed by atoms with Gasteiger partial charge >= 0.3 is 0 Å². The highest BCUT2D eigenvalue weighted by molar-refractivity contribution is 5.94. The van der Waals surface area contributed by atoms with E-state index in [4.69, 9.17) is 4.52 Å². The van der Waals surface area contributed by atoms with Crippen LogP contribution in [0.2, 0.25) is 0 Å². The monoisotopic (exact) mass is 321 g/mol. The molecular weight excluding hydrogens is 302 g/mol. The molecule has 1 atom stereocenters. The first-order valence-electron chi connectivity index (χ1n) is 7.79. The molecule has 0 saturated carbocycles. The smallest absolute Gasteiger partial charge is 0.257 e. The molecule has 1 heterocycles. The molecule has 1 aromatic heterocycles. The Hall–Kier alpha value is -2.95. The zero-order valence-corrected chi connectivity index (χ0v) is 13.9. The molecule has 0 fully saturated rings. The zero-order chi connectivity index (χ0) is 17.1. The normalized spacial score (nSPS) is 12.0. The Kier molecular flexibility index (Phi) is 4.42. The van der Waals surface area contributed by atoms with Gasteiger partial charge in [0, 0.05) is 18.2 Å². The van der Waals surface area contributed by atoms with E-state index in [0.717, 1.165) is 11.1 Å². The molecule has 0 spiro atoms. The van der Waals surface area contributed by atoms with Crippen LogP contribution in [0, 0.1) is 6.92 Å². The second kappa shape index (κ2) is 6.66. The van der Waals surface area contributed by atoms with Gasteiger partial charge in [-0.1, -0.05) is 35.5 Å². The number of hydrogen-bond acceptors (Lipinski definition) is 4. The van der Waals surface area contributed by atoms with E-state index in [0.29, 0.717) is 17.3 Å². The number of carbonyl (C=O) groups excluding carboxylic acids is 1. The van der Waals surface area contributed by atoms with Crippen LogP contribution in [0.25, 0.3) is 11.5 Å². The summed E-state index contributed by atoms with van der Waals surface area (Å²) in [5.74, 6) is 1.01. The number of hydrogen-bond donors (Lipinski definition) is 0. The molecule has 5 nitrogen and oxygen atoms in total. The molecule has 24 heavy (non-hydrogen) atoms. The predicted octanol–water partition coefficient (Wildman–Crippen LogP) is 3.88. The Morgan fingerprint density at radius 1 is 1.08 bits per heavy atom. The van der Waals surface area contributed by atoms with E-state index < -0.39 is 0 Å².